The maximum atomic E-state index is 12.7. The second kappa shape index (κ2) is 6.00. The third-order valence-corrected chi connectivity index (χ3v) is 2.49. The molecule has 0 fully saturated rings. The molecule has 20 heavy (non-hydrogen) atoms. The van der Waals surface area contributed by atoms with Crippen LogP contribution in [0, 0.1) is 0 Å². The highest BCUT2D eigenvalue weighted by atomic mass is 35.5. The second-order valence-electron chi connectivity index (χ2n) is 3.85. The van der Waals surface area contributed by atoms with Crippen molar-refractivity contribution in [2.75, 3.05) is 5.32 Å². The van der Waals surface area contributed by atoms with E-state index in [2.05, 4.69) is 0 Å². The Bertz CT molecular complexity index is 534. The number of amides is 2. The van der Waals surface area contributed by atoms with Crippen LogP contribution in [0.4, 0.5) is 23.7 Å². The van der Waals surface area contributed by atoms with E-state index in [0.717, 1.165) is 6.07 Å². The van der Waals surface area contributed by atoms with E-state index in [9.17, 15) is 22.8 Å². The molecule has 1 aromatic carbocycles. The van der Waals surface area contributed by atoms with Gasteiger partial charge in [0.05, 0.1) is 11.3 Å². The molecule has 9 heteroatoms. The van der Waals surface area contributed by atoms with Crippen LogP contribution in [0.15, 0.2) is 18.2 Å². The summed E-state index contributed by atoms with van der Waals surface area (Å²) in [6.45, 7) is 1.18. The molecule has 0 aliphatic carbocycles. The molecule has 5 nitrogen and oxygen atoms in total. The van der Waals surface area contributed by atoms with Crippen molar-refractivity contribution < 1.29 is 27.9 Å². The average Bonchev–Trinajstić information content (AvgIpc) is 2.29. The number of carboxylic acid groups (broad SMARTS) is 1. The van der Waals surface area contributed by atoms with Crippen LogP contribution in [0.2, 0.25) is 5.02 Å². The number of urea groups is 1. The molecule has 0 heterocycles. The highest BCUT2D eigenvalue weighted by Crippen LogP contribution is 2.36. The van der Waals surface area contributed by atoms with E-state index in [1.807, 2.05) is 10.6 Å². The first-order valence-electron chi connectivity index (χ1n) is 5.28. The van der Waals surface area contributed by atoms with Gasteiger partial charge in [0, 0.05) is 5.02 Å². The number of nitrogens with one attached hydrogen (secondary N) is 2. The quantitative estimate of drug-likeness (QED) is 0.803. The van der Waals surface area contributed by atoms with Crippen molar-refractivity contribution in [3.8, 4) is 0 Å². The lowest BCUT2D eigenvalue weighted by Gasteiger charge is -2.15. The van der Waals surface area contributed by atoms with Gasteiger partial charge in [-0.05, 0) is 25.1 Å². The molecule has 0 aliphatic rings. The molecule has 0 radical (unpaired) electrons. The first kappa shape index (κ1) is 16.1. The van der Waals surface area contributed by atoms with Crippen LogP contribution in [0.1, 0.15) is 12.5 Å². The first-order chi connectivity index (χ1) is 9.11. The smallest absolute Gasteiger partial charge is 0.418 e. The van der Waals surface area contributed by atoms with E-state index in [0.29, 0.717) is 6.07 Å². The summed E-state index contributed by atoms with van der Waals surface area (Å²) < 4.78 is 38.2. The maximum absolute atomic E-state index is 12.7. The maximum Gasteiger partial charge on any atom is 0.418 e. The van der Waals surface area contributed by atoms with Crippen LogP contribution in [-0.4, -0.2) is 23.1 Å². The Morgan fingerprint density at radius 1 is 1.35 bits per heavy atom. The third-order valence-electron chi connectivity index (χ3n) is 2.25. The Kier molecular flexibility index (Phi) is 4.83. The van der Waals surface area contributed by atoms with E-state index in [4.69, 9.17) is 16.7 Å². The molecule has 0 spiro atoms. The van der Waals surface area contributed by atoms with E-state index in [1.165, 1.54) is 13.0 Å². The molecule has 110 valence electrons. The zero-order chi connectivity index (χ0) is 15.5. The summed E-state index contributed by atoms with van der Waals surface area (Å²) in [5.74, 6) is -1.31. The summed E-state index contributed by atoms with van der Waals surface area (Å²) in [6, 6.07) is 0.519. The SMILES string of the molecule is C[C@H](NC(=O)Nc1ccc(Cl)cc1C(F)(F)F)C(=O)O. The van der Waals surface area contributed by atoms with Crippen molar-refractivity contribution >= 4 is 29.3 Å². The van der Waals surface area contributed by atoms with E-state index >= 15 is 0 Å². The van der Waals surface area contributed by atoms with E-state index < -0.39 is 35.5 Å². The number of benzene rings is 1. The molecular weight excluding hydrogens is 301 g/mol. The molecule has 0 unspecified atom stereocenters. The van der Waals surface area contributed by atoms with Gasteiger partial charge in [0.2, 0.25) is 0 Å². The van der Waals surface area contributed by atoms with Crippen molar-refractivity contribution in [3.05, 3.63) is 28.8 Å². The van der Waals surface area contributed by atoms with Gasteiger partial charge in [0.15, 0.2) is 0 Å². The van der Waals surface area contributed by atoms with Crippen LogP contribution in [0.3, 0.4) is 0 Å². The zero-order valence-corrected chi connectivity index (χ0v) is 10.8. The fraction of sp³-hybridized carbons (Fsp3) is 0.273. The minimum Gasteiger partial charge on any atom is -0.480 e. The van der Waals surface area contributed by atoms with Gasteiger partial charge < -0.3 is 15.7 Å². The molecule has 1 aromatic rings. The molecular formula is C11H10ClF3N2O3. The topological polar surface area (TPSA) is 78.4 Å². The summed E-state index contributed by atoms with van der Waals surface area (Å²) in [5.41, 5.74) is -1.64. The van der Waals surface area contributed by atoms with Crippen molar-refractivity contribution in [2.45, 2.75) is 19.1 Å². The van der Waals surface area contributed by atoms with Gasteiger partial charge >= 0.3 is 18.2 Å². The normalized spacial score (nSPS) is 12.7. The number of rotatable bonds is 3. The van der Waals surface area contributed by atoms with Crippen LogP contribution < -0.4 is 10.6 Å². The fourth-order valence-corrected chi connectivity index (χ4v) is 1.45. The number of hydrogen-bond donors (Lipinski definition) is 3. The summed E-state index contributed by atoms with van der Waals surface area (Å²) in [4.78, 5) is 21.9. The van der Waals surface area contributed by atoms with Gasteiger partial charge in [0.25, 0.3) is 0 Å². The number of anilines is 1. The third kappa shape index (κ3) is 4.30. The van der Waals surface area contributed by atoms with Crippen molar-refractivity contribution in [3.63, 3.8) is 0 Å². The minimum absolute atomic E-state index is 0.137. The lowest BCUT2D eigenvalue weighted by molar-refractivity contribution is -0.139. The van der Waals surface area contributed by atoms with Gasteiger partial charge in [0.1, 0.15) is 6.04 Å². The standard InChI is InChI=1S/C11H10ClF3N2O3/c1-5(9(18)19)16-10(20)17-8-3-2-6(12)4-7(8)11(13,14)15/h2-5H,1H3,(H,18,19)(H2,16,17,20)/t5-/m0/s1. The number of carbonyl (C=O) groups is 2. The summed E-state index contributed by atoms with van der Waals surface area (Å²) in [5, 5.41) is 12.3. The molecule has 1 atom stereocenters. The van der Waals surface area contributed by atoms with Gasteiger partial charge in [-0.1, -0.05) is 11.6 Å². The largest absolute Gasteiger partial charge is 0.480 e. The molecule has 1 rings (SSSR count). The van der Waals surface area contributed by atoms with Crippen molar-refractivity contribution in [1.82, 2.24) is 5.32 Å². The summed E-state index contributed by atoms with van der Waals surface area (Å²) in [7, 11) is 0. The van der Waals surface area contributed by atoms with Crippen molar-refractivity contribution in [1.29, 1.82) is 0 Å². The Balaban J connectivity index is 2.93. The van der Waals surface area contributed by atoms with Gasteiger partial charge in [-0.3, -0.25) is 4.79 Å². The minimum atomic E-state index is -4.70. The Morgan fingerprint density at radius 3 is 2.45 bits per heavy atom. The van der Waals surface area contributed by atoms with E-state index in [-0.39, 0.29) is 5.02 Å². The number of carbonyl (C=O) groups excluding carboxylic acids is 1. The molecule has 0 saturated heterocycles. The summed E-state index contributed by atoms with van der Waals surface area (Å²) in [6.07, 6.45) is -4.70. The fourth-order valence-electron chi connectivity index (χ4n) is 1.28. The Labute approximate surface area is 116 Å². The van der Waals surface area contributed by atoms with Gasteiger partial charge in [-0.25, -0.2) is 4.79 Å². The van der Waals surface area contributed by atoms with Crippen LogP contribution in [0.25, 0.3) is 0 Å². The summed E-state index contributed by atoms with van der Waals surface area (Å²) >= 11 is 5.48. The average molecular weight is 311 g/mol. The van der Waals surface area contributed by atoms with E-state index in [1.54, 1.807) is 0 Å². The van der Waals surface area contributed by atoms with Crippen LogP contribution in [0.5, 0.6) is 0 Å². The van der Waals surface area contributed by atoms with Crippen molar-refractivity contribution in [2.24, 2.45) is 0 Å². The predicted molar refractivity (Wildman–Crippen MR) is 65.7 cm³/mol. The molecule has 0 aliphatic heterocycles. The monoisotopic (exact) mass is 310 g/mol. The lowest BCUT2D eigenvalue weighted by Crippen LogP contribution is -2.41. The highest BCUT2D eigenvalue weighted by molar-refractivity contribution is 6.30. The molecule has 0 aromatic heterocycles. The van der Waals surface area contributed by atoms with Crippen LogP contribution in [-0.2, 0) is 11.0 Å². The zero-order valence-electron chi connectivity index (χ0n) is 10.1. The first-order valence-corrected chi connectivity index (χ1v) is 5.66. The number of carboxylic acids is 1. The number of aliphatic carboxylic acids is 1. The molecule has 0 bridgehead atoms. The molecule has 0 saturated carbocycles. The van der Waals surface area contributed by atoms with Crippen LogP contribution >= 0.6 is 11.6 Å². The lowest BCUT2D eigenvalue weighted by atomic mass is 10.1. The predicted octanol–water partition coefficient (Wildman–Crippen LogP) is 2.95. The Hall–Kier alpha value is -1.96. The number of alkyl halides is 3. The van der Waals surface area contributed by atoms with Gasteiger partial charge in [-0.2, -0.15) is 13.2 Å². The molecule has 3 N–H and O–H groups in total. The molecule has 2 amide bonds. The second-order valence-corrected chi connectivity index (χ2v) is 4.28. The number of hydrogen-bond acceptors (Lipinski definition) is 2. The highest BCUT2D eigenvalue weighted by Gasteiger charge is 2.34. The Morgan fingerprint density at radius 2 is 1.95 bits per heavy atom. The van der Waals surface area contributed by atoms with Gasteiger partial charge in [-0.15, -0.1) is 0 Å². The number of halogens is 4.